The quantitative estimate of drug-likeness (QED) is 0.577. The van der Waals surface area contributed by atoms with Crippen molar-refractivity contribution in [3.05, 3.63) is 28.8 Å². The Morgan fingerprint density at radius 1 is 0.700 bits per heavy atom. The Labute approximate surface area is 126 Å². The van der Waals surface area contributed by atoms with E-state index in [4.69, 9.17) is 0 Å². The molecule has 0 amide bonds. The van der Waals surface area contributed by atoms with E-state index < -0.39 is 8.89 Å². The summed E-state index contributed by atoms with van der Waals surface area (Å²) in [6.07, 6.45) is 0. The van der Waals surface area contributed by atoms with Crippen LogP contribution < -0.4 is 5.30 Å². The maximum Gasteiger partial charge on any atom is 0.0991 e. The third kappa shape index (κ3) is 3.82. The smallest absolute Gasteiger partial charge is 0.0991 e. The maximum atomic E-state index is 13.8. The van der Waals surface area contributed by atoms with E-state index in [9.17, 15) is 4.20 Å². The summed E-state index contributed by atoms with van der Waals surface area (Å²) in [6.45, 7) is 19.7. The van der Waals surface area contributed by atoms with Gasteiger partial charge >= 0.3 is 0 Å². The Morgan fingerprint density at radius 2 is 1.05 bits per heavy atom. The Balaban J connectivity index is 3.75. The van der Waals surface area contributed by atoms with Gasteiger partial charge in [0.15, 0.2) is 0 Å². The Bertz CT molecular complexity index is 447. The lowest BCUT2D eigenvalue weighted by Crippen LogP contribution is -2.29. The second-order valence-corrected chi connectivity index (χ2v) is 9.48. The summed E-state index contributed by atoms with van der Waals surface area (Å²) in [7, 11) is -0.645. The molecule has 0 saturated carbocycles. The molecule has 0 aliphatic rings. The van der Waals surface area contributed by atoms with E-state index in [1.54, 1.807) is 0 Å². The fourth-order valence-electron chi connectivity index (χ4n) is 2.36. The molecule has 114 valence electrons. The van der Waals surface area contributed by atoms with Crippen LogP contribution in [-0.2, 0) is 16.2 Å². The van der Waals surface area contributed by atoms with Crippen molar-refractivity contribution in [1.82, 2.24) is 0 Å². The van der Waals surface area contributed by atoms with Gasteiger partial charge in [-0.2, -0.15) is 0 Å². The first-order chi connectivity index (χ1) is 8.78. The summed E-state index contributed by atoms with van der Waals surface area (Å²) < 4.78 is 13.8. The van der Waals surface area contributed by atoms with Gasteiger partial charge in [-0.15, -0.1) is 0 Å². The molecular weight excluding hydrogens is 266 g/mol. The lowest BCUT2D eigenvalue weighted by molar-refractivity contribution is 0.553. The summed E-state index contributed by atoms with van der Waals surface area (Å²) in [5.41, 5.74) is 3.64. The molecular formula is C18H30FP. The molecule has 0 nitrogen and oxygen atoms in total. The van der Waals surface area contributed by atoms with Crippen LogP contribution in [0.15, 0.2) is 12.1 Å². The minimum Gasteiger partial charge on any atom is -0.225 e. The first kappa shape index (κ1) is 17.6. The van der Waals surface area contributed by atoms with Crippen molar-refractivity contribution < 1.29 is 4.20 Å². The third-order valence-electron chi connectivity index (χ3n) is 3.71. The van der Waals surface area contributed by atoms with Gasteiger partial charge in [0, 0.05) is 5.30 Å². The second-order valence-electron chi connectivity index (χ2n) is 8.79. The van der Waals surface area contributed by atoms with E-state index in [0.717, 1.165) is 16.4 Å². The van der Waals surface area contributed by atoms with Gasteiger partial charge in [0.1, 0.15) is 0 Å². The van der Waals surface area contributed by atoms with Crippen molar-refractivity contribution >= 4 is 14.2 Å². The average molecular weight is 296 g/mol. The zero-order chi connectivity index (χ0) is 15.9. The number of halogens is 1. The van der Waals surface area contributed by atoms with Crippen LogP contribution in [-0.4, -0.2) is 0 Å². The molecule has 0 saturated heterocycles. The molecule has 1 rings (SSSR count). The van der Waals surface area contributed by atoms with Crippen molar-refractivity contribution in [1.29, 1.82) is 0 Å². The SMILES string of the molecule is CC(C)(C)c1cc(C(C)(C)C)c(PF)c(C(C)(C)C)c1. The van der Waals surface area contributed by atoms with E-state index in [0.29, 0.717) is 0 Å². The highest BCUT2D eigenvalue weighted by molar-refractivity contribution is 7.41. The molecule has 0 fully saturated rings. The summed E-state index contributed by atoms with van der Waals surface area (Å²) in [5.74, 6) is 0. The molecule has 0 bridgehead atoms. The van der Waals surface area contributed by atoms with Crippen molar-refractivity contribution in [3.63, 3.8) is 0 Å². The third-order valence-corrected chi connectivity index (χ3v) is 4.44. The second kappa shape index (κ2) is 5.41. The molecule has 1 aromatic carbocycles. The predicted octanol–water partition coefficient (Wildman–Crippen LogP) is 5.77. The summed E-state index contributed by atoms with van der Waals surface area (Å²) in [6, 6.07) is 4.44. The molecule has 2 heteroatoms. The standard InChI is InChI=1S/C18H30FP/c1-16(2,3)12-10-13(17(4,5)6)15(20-19)14(11-12)18(7,8)9/h10-11,20H,1-9H3. The van der Waals surface area contributed by atoms with Gasteiger partial charge in [-0.25, -0.2) is 4.20 Å². The maximum absolute atomic E-state index is 13.8. The Kier molecular flexibility index (Phi) is 4.77. The largest absolute Gasteiger partial charge is 0.225 e. The molecule has 0 heterocycles. The first-order valence-corrected chi connectivity index (χ1v) is 8.22. The zero-order valence-corrected chi connectivity index (χ0v) is 15.5. The van der Waals surface area contributed by atoms with E-state index in [-0.39, 0.29) is 16.2 Å². The molecule has 1 aromatic rings. The molecule has 20 heavy (non-hydrogen) atoms. The van der Waals surface area contributed by atoms with Gasteiger partial charge in [-0.3, -0.25) is 0 Å². The number of hydrogen-bond acceptors (Lipinski definition) is 0. The Morgan fingerprint density at radius 3 is 1.25 bits per heavy atom. The lowest BCUT2D eigenvalue weighted by Gasteiger charge is -2.32. The number of hydrogen-bond donors (Lipinski definition) is 0. The molecule has 0 aliphatic heterocycles. The van der Waals surface area contributed by atoms with Crippen LogP contribution in [0.25, 0.3) is 0 Å². The summed E-state index contributed by atoms with van der Waals surface area (Å²) >= 11 is 0. The molecule has 0 aromatic heterocycles. The number of rotatable bonds is 1. The van der Waals surface area contributed by atoms with Crippen molar-refractivity contribution in [2.45, 2.75) is 78.6 Å². The summed E-state index contributed by atoms with van der Waals surface area (Å²) in [4.78, 5) is 0. The topological polar surface area (TPSA) is 0 Å². The van der Waals surface area contributed by atoms with Crippen LogP contribution in [0.1, 0.15) is 79.0 Å². The van der Waals surface area contributed by atoms with Crippen LogP contribution in [0.3, 0.4) is 0 Å². The van der Waals surface area contributed by atoms with E-state index in [1.807, 2.05) is 0 Å². The zero-order valence-electron chi connectivity index (χ0n) is 14.5. The molecule has 0 N–H and O–H groups in total. The number of benzene rings is 1. The fourth-order valence-corrected chi connectivity index (χ4v) is 3.46. The molecule has 1 atom stereocenters. The lowest BCUT2D eigenvalue weighted by atomic mass is 9.75. The molecule has 0 aliphatic carbocycles. The van der Waals surface area contributed by atoms with Crippen LogP contribution in [0.5, 0.6) is 0 Å². The van der Waals surface area contributed by atoms with Crippen LogP contribution in [0.4, 0.5) is 4.20 Å². The Hall–Kier alpha value is -0.420. The minimum absolute atomic E-state index is 0.0321. The van der Waals surface area contributed by atoms with E-state index >= 15 is 0 Å². The van der Waals surface area contributed by atoms with Gasteiger partial charge in [0.2, 0.25) is 0 Å². The highest BCUT2D eigenvalue weighted by atomic mass is 31.1. The summed E-state index contributed by atoms with van der Waals surface area (Å²) in [5, 5.41) is 0.915. The highest BCUT2D eigenvalue weighted by Crippen LogP contribution is 2.36. The normalized spacial score (nSPS) is 14.3. The first-order valence-electron chi connectivity index (χ1n) is 7.34. The van der Waals surface area contributed by atoms with Gasteiger partial charge in [-0.05, 0) is 32.9 Å². The average Bonchev–Trinajstić information content (AvgIpc) is 2.23. The van der Waals surface area contributed by atoms with Crippen molar-refractivity contribution in [2.24, 2.45) is 0 Å². The minimum atomic E-state index is -0.645. The van der Waals surface area contributed by atoms with Gasteiger partial charge in [0.05, 0.1) is 8.89 Å². The van der Waals surface area contributed by atoms with Crippen molar-refractivity contribution in [3.8, 4) is 0 Å². The van der Waals surface area contributed by atoms with Crippen LogP contribution in [0.2, 0.25) is 0 Å². The molecule has 0 spiro atoms. The van der Waals surface area contributed by atoms with Crippen LogP contribution >= 0.6 is 8.89 Å². The van der Waals surface area contributed by atoms with Gasteiger partial charge in [0.25, 0.3) is 0 Å². The van der Waals surface area contributed by atoms with Gasteiger partial charge < -0.3 is 0 Å². The van der Waals surface area contributed by atoms with E-state index in [1.165, 1.54) is 5.56 Å². The molecule has 0 radical (unpaired) electrons. The van der Waals surface area contributed by atoms with E-state index in [2.05, 4.69) is 74.4 Å². The fraction of sp³-hybridized carbons (Fsp3) is 0.667. The monoisotopic (exact) mass is 296 g/mol. The van der Waals surface area contributed by atoms with Crippen molar-refractivity contribution in [2.75, 3.05) is 0 Å². The predicted molar refractivity (Wildman–Crippen MR) is 91.6 cm³/mol. The highest BCUT2D eigenvalue weighted by Gasteiger charge is 2.28. The molecule has 1 unspecified atom stereocenters. The van der Waals surface area contributed by atoms with Crippen LogP contribution in [0, 0.1) is 0 Å². The van der Waals surface area contributed by atoms with Gasteiger partial charge in [-0.1, -0.05) is 74.4 Å².